The van der Waals surface area contributed by atoms with Crippen molar-refractivity contribution in [2.75, 3.05) is 31.9 Å². The number of piperidine rings is 1. The van der Waals surface area contributed by atoms with Crippen LogP contribution in [0.4, 0.5) is 0 Å². The van der Waals surface area contributed by atoms with Crippen LogP contribution in [0.25, 0.3) is 0 Å². The SMILES string of the molecule is CCCN(CC(=O)N(Cc1ccccc1C)C1CCN(C(=O)CC(C)C)CC1)S(=O)(=O)CC. The average Bonchev–Trinajstić information content (AvgIpc) is 2.77. The molecule has 0 aliphatic carbocycles. The van der Waals surface area contributed by atoms with Crippen LogP contribution in [0.1, 0.15) is 64.5 Å². The van der Waals surface area contributed by atoms with Gasteiger partial charge in [-0.3, -0.25) is 9.59 Å². The number of hydrogen-bond donors (Lipinski definition) is 0. The van der Waals surface area contributed by atoms with Crippen molar-refractivity contribution in [3.05, 3.63) is 35.4 Å². The molecule has 8 heteroatoms. The summed E-state index contributed by atoms with van der Waals surface area (Å²) >= 11 is 0. The summed E-state index contributed by atoms with van der Waals surface area (Å²) in [5.74, 6) is 0.299. The van der Waals surface area contributed by atoms with Crippen LogP contribution in [0, 0.1) is 12.8 Å². The minimum atomic E-state index is -3.46. The van der Waals surface area contributed by atoms with Gasteiger partial charge < -0.3 is 9.80 Å². The number of sulfonamides is 1. The normalized spacial score (nSPS) is 15.3. The zero-order chi connectivity index (χ0) is 24.6. The molecule has 33 heavy (non-hydrogen) atoms. The summed E-state index contributed by atoms with van der Waals surface area (Å²) in [5.41, 5.74) is 2.16. The van der Waals surface area contributed by atoms with Crippen molar-refractivity contribution >= 4 is 21.8 Å². The van der Waals surface area contributed by atoms with Gasteiger partial charge >= 0.3 is 0 Å². The van der Waals surface area contributed by atoms with Crippen LogP contribution in [0.2, 0.25) is 0 Å². The molecule has 1 aliphatic rings. The first kappa shape index (κ1) is 27.3. The van der Waals surface area contributed by atoms with E-state index in [0.29, 0.717) is 57.8 Å². The largest absolute Gasteiger partial charge is 0.343 e. The maximum atomic E-state index is 13.5. The lowest BCUT2D eigenvalue weighted by Gasteiger charge is -2.39. The Kier molecular flexibility index (Phi) is 10.4. The van der Waals surface area contributed by atoms with Crippen molar-refractivity contribution in [1.82, 2.24) is 14.1 Å². The van der Waals surface area contributed by atoms with E-state index >= 15 is 0 Å². The van der Waals surface area contributed by atoms with E-state index in [1.807, 2.05) is 61.8 Å². The summed E-state index contributed by atoms with van der Waals surface area (Å²) in [6.07, 6.45) is 2.60. The maximum Gasteiger partial charge on any atom is 0.238 e. The standard InChI is InChI=1S/C25H41N3O4S/c1-6-14-27(33(31,32)7-2)19-25(30)28(18-22-11-9-8-10-21(22)5)23-12-15-26(16-13-23)24(29)17-20(3)4/h8-11,20,23H,6-7,12-19H2,1-5H3. The van der Waals surface area contributed by atoms with Gasteiger partial charge in [-0.05, 0) is 50.2 Å². The monoisotopic (exact) mass is 479 g/mol. The number of likely N-dealkylation sites (tertiary alicyclic amines) is 1. The first-order chi connectivity index (χ1) is 15.6. The number of hydrogen-bond acceptors (Lipinski definition) is 4. The summed E-state index contributed by atoms with van der Waals surface area (Å²) in [5, 5.41) is 0. The fourth-order valence-electron chi connectivity index (χ4n) is 4.29. The number of rotatable bonds is 11. The Morgan fingerprint density at radius 2 is 1.76 bits per heavy atom. The summed E-state index contributed by atoms with van der Waals surface area (Å²) in [6, 6.07) is 7.96. The molecule has 0 N–H and O–H groups in total. The number of aryl methyl sites for hydroxylation is 1. The first-order valence-electron chi connectivity index (χ1n) is 12.2. The Hall–Kier alpha value is -1.93. The Morgan fingerprint density at radius 3 is 2.30 bits per heavy atom. The molecule has 0 unspecified atom stereocenters. The molecule has 1 fully saturated rings. The Balaban J connectivity index is 2.21. The van der Waals surface area contributed by atoms with Gasteiger partial charge in [0.2, 0.25) is 21.8 Å². The molecule has 0 aromatic heterocycles. The van der Waals surface area contributed by atoms with Crippen molar-refractivity contribution < 1.29 is 18.0 Å². The second kappa shape index (κ2) is 12.5. The molecule has 1 heterocycles. The molecular weight excluding hydrogens is 438 g/mol. The van der Waals surface area contributed by atoms with Gasteiger partial charge in [0.05, 0.1) is 12.3 Å². The highest BCUT2D eigenvalue weighted by Gasteiger charge is 2.32. The summed E-state index contributed by atoms with van der Waals surface area (Å²) < 4.78 is 26.4. The maximum absolute atomic E-state index is 13.5. The fourth-order valence-corrected chi connectivity index (χ4v) is 5.42. The topological polar surface area (TPSA) is 78.0 Å². The van der Waals surface area contributed by atoms with Crippen molar-refractivity contribution in [2.45, 2.75) is 72.9 Å². The van der Waals surface area contributed by atoms with Crippen LogP contribution in [0.15, 0.2) is 24.3 Å². The van der Waals surface area contributed by atoms with E-state index in [2.05, 4.69) is 0 Å². The van der Waals surface area contributed by atoms with Crippen molar-refractivity contribution in [2.24, 2.45) is 5.92 Å². The van der Waals surface area contributed by atoms with E-state index in [1.165, 1.54) is 4.31 Å². The number of nitrogens with zero attached hydrogens (tertiary/aromatic N) is 3. The van der Waals surface area contributed by atoms with Gasteiger partial charge in [-0.25, -0.2) is 8.42 Å². The average molecular weight is 480 g/mol. The van der Waals surface area contributed by atoms with Crippen LogP contribution in [0.5, 0.6) is 0 Å². The van der Waals surface area contributed by atoms with Crippen LogP contribution in [-0.4, -0.2) is 72.3 Å². The van der Waals surface area contributed by atoms with Gasteiger partial charge in [0.1, 0.15) is 0 Å². The van der Waals surface area contributed by atoms with Crippen molar-refractivity contribution in [3.8, 4) is 0 Å². The van der Waals surface area contributed by atoms with Crippen LogP contribution < -0.4 is 0 Å². The number of amides is 2. The second-order valence-corrected chi connectivity index (χ2v) is 11.6. The minimum Gasteiger partial charge on any atom is -0.343 e. The quantitative estimate of drug-likeness (QED) is 0.487. The lowest BCUT2D eigenvalue weighted by atomic mass is 9.99. The van der Waals surface area contributed by atoms with Gasteiger partial charge in [-0.15, -0.1) is 0 Å². The van der Waals surface area contributed by atoms with Gasteiger partial charge in [0.25, 0.3) is 0 Å². The highest BCUT2D eigenvalue weighted by molar-refractivity contribution is 7.89. The predicted molar refractivity (Wildman–Crippen MR) is 132 cm³/mol. The molecule has 0 atom stereocenters. The first-order valence-corrected chi connectivity index (χ1v) is 13.8. The van der Waals surface area contributed by atoms with Gasteiger partial charge in [-0.2, -0.15) is 4.31 Å². The Labute approximate surface area is 200 Å². The third kappa shape index (κ3) is 7.81. The van der Waals surface area contributed by atoms with Gasteiger partial charge in [-0.1, -0.05) is 45.0 Å². The highest BCUT2D eigenvalue weighted by atomic mass is 32.2. The Morgan fingerprint density at radius 1 is 1.12 bits per heavy atom. The van der Waals surface area contributed by atoms with Crippen LogP contribution in [0.3, 0.4) is 0 Å². The smallest absolute Gasteiger partial charge is 0.238 e. The van der Waals surface area contributed by atoms with E-state index < -0.39 is 10.0 Å². The lowest BCUT2D eigenvalue weighted by molar-refractivity contribution is -0.137. The zero-order valence-corrected chi connectivity index (χ0v) is 21.7. The van der Waals surface area contributed by atoms with Crippen molar-refractivity contribution in [1.29, 1.82) is 0 Å². The van der Waals surface area contributed by atoms with E-state index in [-0.39, 0.29) is 30.2 Å². The third-order valence-electron chi connectivity index (χ3n) is 6.31. The van der Waals surface area contributed by atoms with Gasteiger partial charge in [0, 0.05) is 38.6 Å². The molecular formula is C25H41N3O4S. The van der Waals surface area contributed by atoms with E-state index in [9.17, 15) is 18.0 Å². The molecule has 2 amide bonds. The molecule has 0 spiro atoms. The summed E-state index contributed by atoms with van der Waals surface area (Å²) in [6.45, 7) is 11.5. The minimum absolute atomic E-state index is 0.0194. The van der Waals surface area contributed by atoms with Crippen LogP contribution >= 0.6 is 0 Å². The number of carbonyl (C=O) groups excluding carboxylic acids is 2. The number of carbonyl (C=O) groups is 2. The molecule has 7 nitrogen and oxygen atoms in total. The number of benzene rings is 1. The molecule has 2 rings (SSSR count). The van der Waals surface area contributed by atoms with Gasteiger partial charge in [0.15, 0.2) is 0 Å². The zero-order valence-electron chi connectivity index (χ0n) is 20.9. The molecule has 1 saturated heterocycles. The third-order valence-corrected chi connectivity index (χ3v) is 8.13. The highest BCUT2D eigenvalue weighted by Crippen LogP contribution is 2.22. The van der Waals surface area contributed by atoms with E-state index in [1.54, 1.807) is 6.92 Å². The van der Waals surface area contributed by atoms with E-state index in [4.69, 9.17) is 0 Å². The molecule has 0 bridgehead atoms. The lowest BCUT2D eigenvalue weighted by Crippen LogP contribution is -2.51. The molecule has 0 saturated carbocycles. The summed E-state index contributed by atoms with van der Waals surface area (Å²) in [7, 11) is -3.46. The molecule has 186 valence electrons. The molecule has 1 aromatic rings. The molecule has 1 aromatic carbocycles. The Bertz CT molecular complexity index is 893. The fraction of sp³-hybridized carbons (Fsp3) is 0.680. The van der Waals surface area contributed by atoms with E-state index in [0.717, 1.165) is 11.1 Å². The predicted octanol–water partition coefficient (Wildman–Crippen LogP) is 3.42. The molecule has 1 aliphatic heterocycles. The second-order valence-electron chi connectivity index (χ2n) is 9.39. The van der Waals surface area contributed by atoms with Crippen LogP contribution in [-0.2, 0) is 26.2 Å². The summed E-state index contributed by atoms with van der Waals surface area (Å²) in [4.78, 5) is 29.7. The van der Waals surface area contributed by atoms with Crippen molar-refractivity contribution in [3.63, 3.8) is 0 Å². The molecule has 0 radical (unpaired) electrons.